The molecule has 0 aliphatic heterocycles. The molecule has 0 saturated carbocycles. The second-order valence-electron chi connectivity index (χ2n) is 6.69. The van der Waals surface area contributed by atoms with Crippen molar-refractivity contribution in [1.82, 2.24) is 25.1 Å². The van der Waals surface area contributed by atoms with Crippen molar-refractivity contribution in [2.75, 3.05) is 25.2 Å². The maximum absolute atomic E-state index is 12.3. The van der Waals surface area contributed by atoms with E-state index in [0.717, 1.165) is 34.0 Å². The fraction of sp³-hybridized carbons (Fsp3) is 0.182. The molecule has 4 rings (SSSR count). The van der Waals surface area contributed by atoms with Gasteiger partial charge in [-0.05, 0) is 36.4 Å². The minimum absolute atomic E-state index is 0.0430. The summed E-state index contributed by atoms with van der Waals surface area (Å²) in [5, 5.41) is 7.44. The Morgan fingerprint density at radius 1 is 1.07 bits per heavy atom. The molecule has 0 bridgehead atoms. The van der Waals surface area contributed by atoms with Crippen molar-refractivity contribution in [3.8, 4) is 28.3 Å². The molecule has 0 unspecified atom stereocenters. The van der Waals surface area contributed by atoms with E-state index in [4.69, 9.17) is 4.74 Å². The van der Waals surface area contributed by atoms with E-state index in [2.05, 4.69) is 25.1 Å². The van der Waals surface area contributed by atoms with Gasteiger partial charge in [-0.15, -0.1) is 0 Å². The number of alkyl halides is 1. The first kappa shape index (κ1) is 19.5. The van der Waals surface area contributed by atoms with Gasteiger partial charge in [0.2, 0.25) is 0 Å². The highest BCUT2D eigenvalue weighted by molar-refractivity contribution is 5.69. The summed E-state index contributed by atoms with van der Waals surface area (Å²) in [5.74, 6) is 1.46. The molecule has 0 aliphatic rings. The Bertz CT molecular complexity index is 1080. The van der Waals surface area contributed by atoms with Crippen LogP contribution < -0.4 is 9.64 Å². The highest BCUT2D eigenvalue weighted by Crippen LogP contribution is 2.27. The predicted octanol–water partition coefficient (Wildman–Crippen LogP) is 3.91. The molecule has 0 amide bonds. The molecule has 0 radical (unpaired) electrons. The van der Waals surface area contributed by atoms with Crippen LogP contribution in [0, 0.1) is 0 Å². The molecule has 30 heavy (non-hydrogen) atoms. The quantitative estimate of drug-likeness (QED) is 0.480. The summed E-state index contributed by atoms with van der Waals surface area (Å²) in [6.45, 7) is 0.166. The first-order valence-electron chi connectivity index (χ1n) is 9.50. The number of rotatable bonds is 8. The van der Waals surface area contributed by atoms with E-state index in [-0.39, 0.29) is 6.61 Å². The topological polar surface area (TPSA) is 79.8 Å². The lowest BCUT2D eigenvalue weighted by Gasteiger charge is -2.17. The van der Waals surface area contributed by atoms with Gasteiger partial charge in [-0.3, -0.25) is 5.10 Å². The molecule has 3 heterocycles. The molecule has 0 aliphatic carbocycles. The molecule has 1 N–H and O–H groups in total. The summed E-state index contributed by atoms with van der Waals surface area (Å²) in [4.78, 5) is 14.7. The van der Waals surface area contributed by atoms with E-state index in [1.54, 1.807) is 18.5 Å². The Morgan fingerprint density at radius 2 is 2.00 bits per heavy atom. The predicted molar refractivity (Wildman–Crippen MR) is 113 cm³/mol. The number of pyridine rings is 1. The number of halogens is 1. The number of hydrogen-bond donors (Lipinski definition) is 1. The highest BCUT2D eigenvalue weighted by atomic mass is 19.1. The Balaban J connectivity index is 1.47. The van der Waals surface area contributed by atoms with Crippen molar-refractivity contribution in [1.29, 1.82) is 0 Å². The number of H-pyrrole nitrogens is 1. The number of anilines is 1. The fourth-order valence-electron chi connectivity index (χ4n) is 3.03. The van der Waals surface area contributed by atoms with E-state index in [1.165, 1.54) is 6.33 Å². The third kappa shape index (κ3) is 4.60. The van der Waals surface area contributed by atoms with Gasteiger partial charge in [0.05, 0.1) is 23.6 Å². The number of nitrogens with one attached hydrogen (secondary N) is 1. The molecule has 1 aromatic carbocycles. The second kappa shape index (κ2) is 9.13. The number of ether oxygens (including phenoxy) is 1. The van der Waals surface area contributed by atoms with Crippen LogP contribution in [0.15, 0.2) is 67.3 Å². The van der Waals surface area contributed by atoms with Crippen molar-refractivity contribution >= 4 is 5.82 Å². The zero-order valence-corrected chi connectivity index (χ0v) is 16.5. The molecule has 4 aromatic rings. The van der Waals surface area contributed by atoms with Crippen LogP contribution in [0.1, 0.15) is 5.69 Å². The zero-order chi connectivity index (χ0) is 20.8. The van der Waals surface area contributed by atoms with Gasteiger partial charge in [-0.25, -0.2) is 19.3 Å². The normalized spacial score (nSPS) is 10.7. The maximum atomic E-state index is 12.3. The van der Waals surface area contributed by atoms with Crippen LogP contribution >= 0.6 is 0 Å². The smallest absolute Gasteiger partial charge is 0.128 e. The van der Waals surface area contributed by atoms with Crippen LogP contribution in [-0.2, 0) is 6.54 Å². The van der Waals surface area contributed by atoms with Gasteiger partial charge in [0.25, 0.3) is 0 Å². The summed E-state index contributed by atoms with van der Waals surface area (Å²) < 4.78 is 17.7. The van der Waals surface area contributed by atoms with Gasteiger partial charge in [0.1, 0.15) is 31.2 Å². The first-order chi connectivity index (χ1) is 14.7. The number of aromatic amines is 1. The maximum Gasteiger partial charge on any atom is 0.128 e. The summed E-state index contributed by atoms with van der Waals surface area (Å²) in [5.41, 5.74) is 4.38. The summed E-state index contributed by atoms with van der Waals surface area (Å²) in [7, 11) is 1.97. The lowest BCUT2D eigenvalue weighted by atomic mass is 10.1. The molecule has 0 atom stereocenters. The van der Waals surface area contributed by atoms with E-state index < -0.39 is 6.67 Å². The number of aromatic nitrogens is 5. The van der Waals surface area contributed by atoms with Gasteiger partial charge in [0, 0.05) is 30.6 Å². The summed E-state index contributed by atoms with van der Waals surface area (Å²) in [6, 6.07) is 15.3. The molecule has 8 heteroatoms. The van der Waals surface area contributed by atoms with E-state index in [9.17, 15) is 4.39 Å². The van der Waals surface area contributed by atoms with Crippen LogP contribution in [0.2, 0.25) is 0 Å². The largest absolute Gasteiger partial charge is 0.491 e. The molecule has 7 nitrogen and oxygen atoms in total. The summed E-state index contributed by atoms with van der Waals surface area (Å²) >= 11 is 0. The zero-order valence-electron chi connectivity index (χ0n) is 16.5. The van der Waals surface area contributed by atoms with Crippen molar-refractivity contribution in [3.05, 3.63) is 72.9 Å². The minimum Gasteiger partial charge on any atom is -0.491 e. The molecule has 0 saturated heterocycles. The average Bonchev–Trinajstić information content (AvgIpc) is 3.29. The lowest BCUT2D eigenvalue weighted by Crippen LogP contribution is -2.18. The van der Waals surface area contributed by atoms with Crippen molar-refractivity contribution < 1.29 is 9.13 Å². The van der Waals surface area contributed by atoms with Gasteiger partial charge >= 0.3 is 0 Å². The number of nitrogens with zero attached hydrogens (tertiary/aromatic N) is 5. The lowest BCUT2D eigenvalue weighted by molar-refractivity contribution is 0.273. The Morgan fingerprint density at radius 3 is 2.77 bits per heavy atom. The van der Waals surface area contributed by atoms with Crippen molar-refractivity contribution in [2.24, 2.45) is 0 Å². The third-order valence-corrected chi connectivity index (χ3v) is 4.55. The molecule has 3 aromatic heterocycles. The van der Waals surface area contributed by atoms with Crippen LogP contribution in [-0.4, -0.2) is 45.5 Å². The van der Waals surface area contributed by atoms with Crippen molar-refractivity contribution in [3.63, 3.8) is 0 Å². The molecule has 0 spiro atoms. The SMILES string of the molecule is CN(Cc1ccncn1)c1ccc(-c2cc(-c3cccc(OCCF)c3)[nH]n2)cn1. The Labute approximate surface area is 173 Å². The molecular formula is C22H21FN6O. The second-order valence-corrected chi connectivity index (χ2v) is 6.69. The third-order valence-electron chi connectivity index (χ3n) is 4.55. The standard InChI is InChI=1S/C22H21FN6O/c1-29(14-18-7-9-24-15-26-18)22-6-5-17(13-25-22)21-12-20(27-28-21)16-3-2-4-19(11-16)30-10-8-23/h2-7,9,11-13,15H,8,10,14H2,1H3,(H,27,28). The van der Waals surface area contributed by atoms with E-state index >= 15 is 0 Å². The first-order valence-corrected chi connectivity index (χ1v) is 9.50. The Hall–Kier alpha value is -3.81. The van der Waals surface area contributed by atoms with E-state index in [1.807, 2.05) is 54.4 Å². The van der Waals surface area contributed by atoms with Crippen molar-refractivity contribution in [2.45, 2.75) is 6.54 Å². The molecular weight excluding hydrogens is 383 g/mol. The van der Waals surface area contributed by atoms with E-state index in [0.29, 0.717) is 12.3 Å². The van der Waals surface area contributed by atoms with Crippen LogP contribution in [0.4, 0.5) is 10.2 Å². The van der Waals surface area contributed by atoms with Crippen LogP contribution in [0.5, 0.6) is 5.75 Å². The van der Waals surface area contributed by atoms with Gasteiger partial charge in [0.15, 0.2) is 0 Å². The monoisotopic (exact) mass is 404 g/mol. The highest BCUT2D eigenvalue weighted by Gasteiger charge is 2.09. The minimum atomic E-state index is -0.518. The van der Waals surface area contributed by atoms with Gasteiger partial charge in [-0.1, -0.05) is 12.1 Å². The fourth-order valence-corrected chi connectivity index (χ4v) is 3.03. The van der Waals surface area contributed by atoms with Gasteiger partial charge < -0.3 is 9.64 Å². The van der Waals surface area contributed by atoms with Gasteiger partial charge in [-0.2, -0.15) is 5.10 Å². The Kier molecular flexibility index (Phi) is 5.93. The number of benzene rings is 1. The molecule has 0 fully saturated rings. The average molecular weight is 404 g/mol. The number of hydrogen-bond acceptors (Lipinski definition) is 6. The van der Waals surface area contributed by atoms with Crippen LogP contribution in [0.3, 0.4) is 0 Å². The van der Waals surface area contributed by atoms with Crippen LogP contribution in [0.25, 0.3) is 22.5 Å². The molecule has 152 valence electrons. The summed E-state index contributed by atoms with van der Waals surface area (Å²) in [6.07, 6.45) is 5.06.